The Kier molecular flexibility index (Phi) is 14.0. The summed E-state index contributed by atoms with van der Waals surface area (Å²) in [6.45, 7) is 0. The van der Waals surface area contributed by atoms with Crippen molar-refractivity contribution < 1.29 is 45.6 Å². The van der Waals surface area contributed by atoms with Crippen LogP contribution in [0.25, 0.3) is 0 Å². The second-order valence-electron chi connectivity index (χ2n) is 6.99. The zero-order valence-electron chi connectivity index (χ0n) is 20.1. The van der Waals surface area contributed by atoms with Crippen LogP contribution in [0.1, 0.15) is 0 Å². The molecule has 11 heteroatoms. The average Bonchev–Trinajstić information content (AvgIpc) is 2.86. The van der Waals surface area contributed by atoms with Gasteiger partial charge in [-0.05, 0) is 36.4 Å². The molecule has 0 fully saturated rings. The van der Waals surface area contributed by atoms with Crippen LogP contribution in [0.4, 0.5) is 0 Å². The van der Waals surface area contributed by atoms with Crippen LogP contribution in [-0.2, 0) is 0 Å². The average molecular weight is 545 g/mol. The molecule has 3 aromatic carbocycles. The molecule has 0 aliphatic rings. The first kappa shape index (κ1) is 33.2. The minimum absolute atomic E-state index is 0. The molecule has 3 rings (SSSR count). The fourth-order valence-electron chi connectivity index (χ4n) is 3.53. The number of rotatable bonds is 9. The van der Waals surface area contributed by atoms with Crippen molar-refractivity contribution in [3.63, 3.8) is 0 Å². The van der Waals surface area contributed by atoms with E-state index in [0.29, 0.717) is 50.1 Å². The van der Waals surface area contributed by atoms with Gasteiger partial charge in [0.1, 0.15) is 34.5 Å². The zero-order chi connectivity index (χ0) is 23.3. The van der Waals surface area contributed by atoms with Gasteiger partial charge in [-0.3, -0.25) is 0 Å². The summed E-state index contributed by atoms with van der Waals surface area (Å²) in [6, 6.07) is 15.7. The van der Waals surface area contributed by atoms with Crippen molar-refractivity contribution in [1.29, 1.82) is 0 Å². The second kappa shape index (κ2) is 14.7. The molecule has 0 radical (unpaired) electrons. The molecule has 0 unspecified atom stereocenters. The van der Waals surface area contributed by atoms with Crippen LogP contribution in [0.5, 0.6) is 34.5 Å². The predicted molar refractivity (Wildman–Crippen MR) is 139 cm³/mol. The number of halogens is 1. The first-order chi connectivity index (χ1) is 15.4. The van der Waals surface area contributed by atoms with Crippen LogP contribution >= 0.6 is 0 Å². The molecule has 0 bridgehead atoms. The Morgan fingerprint density at radius 2 is 0.629 bits per heavy atom. The van der Waals surface area contributed by atoms with Crippen molar-refractivity contribution in [2.45, 2.75) is 0 Å². The van der Waals surface area contributed by atoms with E-state index in [1.165, 1.54) is 0 Å². The Bertz CT molecular complexity index is 902. The van der Waals surface area contributed by atoms with Crippen molar-refractivity contribution in [2.75, 3.05) is 42.7 Å². The first-order valence-corrected chi connectivity index (χ1v) is 11.7. The molecule has 0 atom stereocenters. The maximum Gasteiger partial charge on any atom is 2.00 e. The molecule has 0 aromatic heterocycles. The van der Waals surface area contributed by atoms with Gasteiger partial charge in [0.05, 0.1) is 51.0 Å². The summed E-state index contributed by atoms with van der Waals surface area (Å²) >= 11 is 0. The summed E-state index contributed by atoms with van der Waals surface area (Å²) < 4.78 is 32.7. The van der Waals surface area contributed by atoms with Gasteiger partial charge in [-0.2, -0.15) is 0 Å². The zero-order valence-corrected chi connectivity index (χ0v) is 23.3. The van der Waals surface area contributed by atoms with Crippen molar-refractivity contribution >= 4 is 64.3 Å². The third-order valence-corrected chi connectivity index (χ3v) is 8.58. The van der Waals surface area contributed by atoms with Gasteiger partial charge in [-0.15, -0.1) is 0 Å². The van der Waals surface area contributed by atoms with Crippen molar-refractivity contribution in [1.82, 2.24) is 0 Å². The van der Waals surface area contributed by atoms with Gasteiger partial charge in [0.2, 0.25) is 0 Å². The van der Waals surface area contributed by atoms with E-state index in [4.69, 9.17) is 28.4 Å². The molecule has 3 aromatic rings. The molecule has 0 saturated carbocycles. The van der Waals surface area contributed by atoms with Gasteiger partial charge in [0, 0.05) is 18.2 Å². The van der Waals surface area contributed by atoms with Crippen molar-refractivity contribution in [2.24, 2.45) is 0 Å². The number of benzene rings is 3. The predicted octanol–water partition coefficient (Wildman–Crippen LogP) is -3.50. The van der Waals surface area contributed by atoms with Crippen molar-refractivity contribution in [3.05, 3.63) is 54.6 Å². The fraction of sp³-hybridized carbons (Fsp3) is 0.250. The van der Waals surface area contributed by atoms with Crippen LogP contribution in [0.3, 0.4) is 0 Å². The van der Waals surface area contributed by atoms with E-state index < -0.39 is 8.32 Å². The Balaban J connectivity index is 0.00000385. The van der Waals surface area contributed by atoms with Gasteiger partial charge in [0.15, 0.2) is 17.4 Å². The molecular weight excluding hydrogens is 515 g/mol. The summed E-state index contributed by atoms with van der Waals surface area (Å²) in [4.78, 5) is 15.1. The normalized spacial score (nSPS) is 10.0. The molecule has 0 spiro atoms. The molecular formula is C24H30AlClMgO7Si. The minimum atomic E-state index is -3.89. The molecule has 0 aliphatic heterocycles. The van der Waals surface area contributed by atoms with Gasteiger partial charge >= 0.3 is 23.1 Å². The quantitative estimate of drug-likeness (QED) is 0.204. The van der Waals surface area contributed by atoms with E-state index in [1.54, 1.807) is 97.3 Å². The van der Waals surface area contributed by atoms with Gasteiger partial charge < -0.3 is 45.6 Å². The van der Waals surface area contributed by atoms with E-state index in [0.717, 1.165) is 0 Å². The number of hydrogen-bond donors (Lipinski definition) is 0. The first-order valence-electron chi connectivity index (χ1n) is 9.82. The standard InChI is InChI=1S/C24H27O7Si.Al.ClH.Mg.3H/c1-26-16-7-17(27-2)11-22(10-16)32(25,23-12-18(28-3)8-19(13-23)29-4)24-14-20(30-5)9-21(15-24)31-6;;;;;;/h7-15H,1-6H3;;1H;;;;/q-1;;;+2;;;/p-1. The van der Waals surface area contributed by atoms with E-state index in [9.17, 15) is 0 Å². The Morgan fingerprint density at radius 3 is 0.771 bits per heavy atom. The summed E-state index contributed by atoms with van der Waals surface area (Å²) in [5.41, 5.74) is 0. The monoisotopic (exact) mass is 544 g/mol. The van der Waals surface area contributed by atoms with Crippen LogP contribution in [0.15, 0.2) is 54.6 Å². The molecule has 0 heterocycles. The second-order valence-corrected chi connectivity index (χ2v) is 10.1. The van der Waals surface area contributed by atoms with E-state index in [-0.39, 0.29) is 52.8 Å². The molecule has 7 nitrogen and oxygen atoms in total. The van der Waals surface area contributed by atoms with Gasteiger partial charge in [0.25, 0.3) is 0 Å². The summed E-state index contributed by atoms with van der Waals surface area (Å²) in [7, 11) is 5.41. The van der Waals surface area contributed by atoms with Gasteiger partial charge in [-0.25, -0.2) is 0 Å². The maximum absolute atomic E-state index is 15.1. The Hall–Kier alpha value is -1.77. The fourth-order valence-corrected chi connectivity index (χ4v) is 6.61. The van der Waals surface area contributed by atoms with Crippen molar-refractivity contribution in [3.8, 4) is 34.5 Å². The van der Waals surface area contributed by atoms with Crippen LogP contribution in [0.2, 0.25) is 0 Å². The summed E-state index contributed by atoms with van der Waals surface area (Å²) in [5, 5.41) is 1.62. The Morgan fingerprint density at radius 1 is 0.457 bits per heavy atom. The molecule has 0 aliphatic carbocycles. The van der Waals surface area contributed by atoms with Crippen LogP contribution in [-0.4, -0.2) is 91.4 Å². The molecule has 35 heavy (non-hydrogen) atoms. The van der Waals surface area contributed by atoms with Crippen LogP contribution in [0, 0.1) is 0 Å². The molecule has 0 saturated heterocycles. The third-order valence-electron chi connectivity index (χ3n) is 5.27. The number of ether oxygens (including phenoxy) is 6. The molecule has 0 N–H and O–H groups in total. The topological polar surface area (TPSA) is 78.4 Å². The number of methoxy groups -OCH3 is 6. The summed E-state index contributed by atoms with van der Waals surface area (Å²) in [6.07, 6.45) is 0. The molecule has 0 amide bonds. The van der Waals surface area contributed by atoms with Gasteiger partial charge in [-0.1, -0.05) is 15.6 Å². The third kappa shape index (κ3) is 7.14. The minimum Gasteiger partial charge on any atom is -1.00 e. The van der Waals surface area contributed by atoms with E-state index in [1.807, 2.05) is 0 Å². The molecule has 184 valence electrons. The van der Waals surface area contributed by atoms with E-state index >= 15 is 4.80 Å². The largest absolute Gasteiger partial charge is 2.00 e. The van der Waals surface area contributed by atoms with Crippen LogP contribution < -0.4 is 61.2 Å². The summed E-state index contributed by atoms with van der Waals surface area (Å²) in [5.74, 6) is 3.15. The number of hydrogen-bond acceptors (Lipinski definition) is 7. The SMILES string of the molecule is COc1cc(OC)cc([Si]([O-])(c2cc(OC)cc(OC)c2)c2cc(OC)cc(OC)c2)c1.[AlH3].[Cl-].[Mg+2]. The maximum atomic E-state index is 15.1. The van der Waals surface area contributed by atoms with E-state index in [2.05, 4.69) is 0 Å². The smallest absolute Gasteiger partial charge is 1.00 e. The Labute approximate surface area is 240 Å².